The van der Waals surface area contributed by atoms with Crippen LogP contribution >= 0.6 is 11.6 Å². The molecule has 1 aromatic heterocycles. The van der Waals surface area contributed by atoms with Crippen LogP contribution in [0.3, 0.4) is 0 Å². The highest BCUT2D eigenvalue weighted by Gasteiger charge is 2.08. The van der Waals surface area contributed by atoms with Crippen LogP contribution in [0.4, 0.5) is 0 Å². The highest BCUT2D eigenvalue weighted by molar-refractivity contribution is 6.29. The normalized spacial score (nSPS) is 10.7. The van der Waals surface area contributed by atoms with Gasteiger partial charge in [0.2, 0.25) is 0 Å². The molecule has 0 aliphatic carbocycles. The van der Waals surface area contributed by atoms with Crippen LogP contribution in [0.1, 0.15) is 38.8 Å². The molecule has 0 radical (unpaired) electrons. The van der Waals surface area contributed by atoms with E-state index in [1.807, 2.05) is 4.68 Å². The van der Waals surface area contributed by atoms with Gasteiger partial charge in [0.1, 0.15) is 0 Å². The van der Waals surface area contributed by atoms with Gasteiger partial charge in [-0.15, -0.1) is 5.10 Å². The SMILES string of the molecule is CCCCn1nnc(Cl)c1CCC. The summed E-state index contributed by atoms with van der Waals surface area (Å²) in [5.74, 6) is 0. The Morgan fingerprint density at radius 3 is 2.69 bits per heavy atom. The number of rotatable bonds is 5. The van der Waals surface area contributed by atoms with Gasteiger partial charge < -0.3 is 0 Å². The number of unbranched alkanes of at least 4 members (excludes halogenated alkanes) is 1. The number of hydrogen-bond acceptors (Lipinski definition) is 2. The van der Waals surface area contributed by atoms with Crippen LogP contribution in [0.2, 0.25) is 5.15 Å². The Morgan fingerprint density at radius 1 is 1.31 bits per heavy atom. The van der Waals surface area contributed by atoms with E-state index in [2.05, 4.69) is 24.2 Å². The molecule has 0 unspecified atom stereocenters. The molecule has 0 atom stereocenters. The van der Waals surface area contributed by atoms with Crippen molar-refractivity contribution < 1.29 is 0 Å². The molecular weight excluding hydrogens is 186 g/mol. The quantitative estimate of drug-likeness (QED) is 0.734. The fourth-order valence-electron chi connectivity index (χ4n) is 1.27. The second kappa shape index (κ2) is 5.22. The third kappa shape index (κ3) is 2.69. The molecule has 1 rings (SSSR count). The van der Waals surface area contributed by atoms with Crippen molar-refractivity contribution >= 4 is 11.6 Å². The van der Waals surface area contributed by atoms with Crippen molar-refractivity contribution in [3.63, 3.8) is 0 Å². The Balaban J connectivity index is 2.68. The lowest BCUT2D eigenvalue weighted by atomic mass is 10.2. The summed E-state index contributed by atoms with van der Waals surface area (Å²) in [5, 5.41) is 8.44. The van der Waals surface area contributed by atoms with E-state index in [-0.39, 0.29) is 0 Å². The first kappa shape index (κ1) is 10.5. The van der Waals surface area contributed by atoms with E-state index in [1.54, 1.807) is 0 Å². The minimum absolute atomic E-state index is 0.568. The molecule has 1 heterocycles. The van der Waals surface area contributed by atoms with E-state index in [1.165, 1.54) is 6.42 Å². The lowest BCUT2D eigenvalue weighted by Gasteiger charge is -2.03. The average molecular weight is 202 g/mol. The summed E-state index contributed by atoms with van der Waals surface area (Å²) in [5.41, 5.74) is 1.08. The highest BCUT2D eigenvalue weighted by atomic mass is 35.5. The summed E-state index contributed by atoms with van der Waals surface area (Å²) in [6.45, 7) is 5.23. The lowest BCUT2D eigenvalue weighted by molar-refractivity contribution is 0.531. The summed E-state index contributed by atoms with van der Waals surface area (Å²) in [6, 6.07) is 0. The number of halogens is 1. The molecule has 1 aromatic rings. The molecule has 0 aliphatic rings. The van der Waals surface area contributed by atoms with Gasteiger partial charge in [-0.2, -0.15) is 0 Å². The molecule has 0 aromatic carbocycles. The number of hydrogen-bond donors (Lipinski definition) is 0. The zero-order valence-corrected chi connectivity index (χ0v) is 9.01. The molecule has 0 N–H and O–H groups in total. The summed E-state index contributed by atoms with van der Waals surface area (Å²) < 4.78 is 1.93. The standard InChI is InChI=1S/C9H16ClN3/c1-3-5-7-13-8(6-4-2)9(10)11-12-13/h3-7H2,1-2H3. The fraction of sp³-hybridized carbons (Fsp3) is 0.778. The van der Waals surface area contributed by atoms with Gasteiger partial charge in [0.25, 0.3) is 0 Å². The molecule has 13 heavy (non-hydrogen) atoms. The first-order chi connectivity index (χ1) is 6.29. The lowest BCUT2D eigenvalue weighted by Crippen LogP contribution is -2.05. The van der Waals surface area contributed by atoms with Crippen LogP contribution in [0, 0.1) is 0 Å². The van der Waals surface area contributed by atoms with E-state index in [0.29, 0.717) is 5.15 Å². The van der Waals surface area contributed by atoms with E-state index in [9.17, 15) is 0 Å². The van der Waals surface area contributed by atoms with Crippen molar-refractivity contribution in [1.82, 2.24) is 15.0 Å². The Labute approximate surface area is 84.1 Å². The largest absolute Gasteiger partial charge is 0.248 e. The molecule has 0 spiro atoms. The molecular formula is C9H16ClN3. The van der Waals surface area contributed by atoms with Gasteiger partial charge in [0, 0.05) is 6.54 Å². The van der Waals surface area contributed by atoms with Crippen molar-refractivity contribution in [3.8, 4) is 0 Å². The van der Waals surface area contributed by atoms with Crippen LogP contribution in [0.25, 0.3) is 0 Å². The van der Waals surface area contributed by atoms with Crippen LogP contribution in [0.5, 0.6) is 0 Å². The predicted molar refractivity (Wildman–Crippen MR) is 53.9 cm³/mol. The second-order valence-electron chi connectivity index (χ2n) is 3.15. The number of aryl methyl sites for hydroxylation is 1. The summed E-state index contributed by atoms with van der Waals surface area (Å²) in [4.78, 5) is 0. The third-order valence-electron chi connectivity index (χ3n) is 2.00. The maximum atomic E-state index is 5.91. The van der Waals surface area contributed by atoms with Gasteiger partial charge in [-0.1, -0.05) is 43.5 Å². The second-order valence-corrected chi connectivity index (χ2v) is 3.51. The molecule has 0 saturated heterocycles. The molecule has 74 valence electrons. The van der Waals surface area contributed by atoms with Gasteiger partial charge in [-0.25, -0.2) is 4.68 Å². The van der Waals surface area contributed by atoms with Gasteiger partial charge in [-0.05, 0) is 12.8 Å². The molecule has 4 heteroatoms. The van der Waals surface area contributed by atoms with Crippen molar-refractivity contribution in [2.24, 2.45) is 0 Å². The predicted octanol–water partition coefficient (Wildman–Crippen LogP) is 2.68. The van der Waals surface area contributed by atoms with Crippen molar-refractivity contribution in [2.45, 2.75) is 46.1 Å². The van der Waals surface area contributed by atoms with Gasteiger partial charge in [-0.3, -0.25) is 0 Å². The van der Waals surface area contributed by atoms with Crippen molar-refractivity contribution in [1.29, 1.82) is 0 Å². The molecule has 0 saturated carbocycles. The minimum atomic E-state index is 0.568. The number of aromatic nitrogens is 3. The molecule has 0 fully saturated rings. The Kier molecular flexibility index (Phi) is 4.22. The molecule has 0 amide bonds. The van der Waals surface area contributed by atoms with E-state index < -0.39 is 0 Å². The minimum Gasteiger partial charge on any atom is -0.248 e. The maximum absolute atomic E-state index is 5.91. The summed E-state index contributed by atoms with van der Waals surface area (Å²) in [7, 11) is 0. The summed E-state index contributed by atoms with van der Waals surface area (Å²) >= 11 is 5.91. The third-order valence-corrected chi connectivity index (χ3v) is 2.29. The zero-order valence-electron chi connectivity index (χ0n) is 8.26. The van der Waals surface area contributed by atoms with E-state index in [4.69, 9.17) is 11.6 Å². The monoisotopic (exact) mass is 201 g/mol. The Hall–Kier alpha value is -0.570. The van der Waals surface area contributed by atoms with Crippen LogP contribution in [-0.2, 0) is 13.0 Å². The topological polar surface area (TPSA) is 30.7 Å². The van der Waals surface area contributed by atoms with Gasteiger partial charge in [0.05, 0.1) is 5.69 Å². The van der Waals surface area contributed by atoms with Gasteiger partial charge >= 0.3 is 0 Å². The van der Waals surface area contributed by atoms with E-state index in [0.717, 1.165) is 31.5 Å². The van der Waals surface area contributed by atoms with E-state index >= 15 is 0 Å². The van der Waals surface area contributed by atoms with Crippen LogP contribution in [0.15, 0.2) is 0 Å². The maximum Gasteiger partial charge on any atom is 0.174 e. The Bertz CT molecular complexity index is 257. The van der Waals surface area contributed by atoms with Gasteiger partial charge in [0.15, 0.2) is 5.15 Å². The number of nitrogens with zero attached hydrogens (tertiary/aromatic N) is 3. The molecule has 0 bridgehead atoms. The molecule has 0 aliphatic heterocycles. The summed E-state index contributed by atoms with van der Waals surface area (Å²) in [6.07, 6.45) is 4.36. The fourth-order valence-corrected chi connectivity index (χ4v) is 1.49. The first-order valence-electron chi connectivity index (χ1n) is 4.87. The molecule has 3 nitrogen and oxygen atoms in total. The average Bonchev–Trinajstić information content (AvgIpc) is 2.46. The van der Waals surface area contributed by atoms with Crippen molar-refractivity contribution in [2.75, 3.05) is 0 Å². The zero-order chi connectivity index (χ0) is 9.68. The van der Waals surface area contributed by atoms with Crippen molar-refractivity contribution in [3.05, 3.63) is 10.8 Å². The first-order valence-corrected chi connectivity index (χ1v) is 5.25. The smallest absolute Gasteiger partial charge is 0.174 e. The van der Waals surface area contributed by atoms with Crippen LogP contribution < -0.4 is 0 Å². The highest BCUT2D eigenvalue weighted by Crippen LogP contribution is 2.14. The Morgan fingerprint density at radius 2 is 2.08 bits per heavy atom. The van der Waals surface area contributed by atoms with Crippen LogP contribution in [-0.4, -0.2) is 15.0 Å².